The molecule has 0 fully saturated rings. The van der Waals surface area contributed by atoms with E-state index in [4.69, 9.17) is 0 Å². The highest BCUT2D eigenvalue weighted by molar-refractivity contribution is 6.04. The molecular weight excluding hydrogens is 305 g/mol. The van der Waals surface area contributed by atoms with E-state index in [1.165, 1.54) is 12.1 Å². The normalized spacial score (nSPS) is 11.4. The number of nitrogens with one attached hydrogen (secondary N) is 1. The van der Waals surface area contributed by atoms with Crippen LogP contribution in [0.4, 0.5) is 27.6 Å². The summed E-state index contributed by atoms with van der Waals surface area (Å²) in [7, 11) is 0. The van der Waals surface area contributed by atoms with Crippen molar-refractivity contribution >= 4 is 11.6 Å². The molecule has 0 aliphatic carbocycles. The SMILES string of the molecule is Cc1ccc(F)c(C(=O)Nc2ccc(F)c(C(F)(F)F)c2)c1. The number of carbonyl (C=O) groups is 1. The molecule has 0 aromatic heterocycles. The van der Waals surface area contributed by atoms with Crippen LogP contribution in [0.25, 0.3) is 0 Å². The van der Waals surface area contributed by atoms with Gasteiger partial charge in [-0.2, -0.15) is 13.2 Å². The van der Waals surface area contributed by atoms with Crippen molar-refractivity contribution in [3.05, 3.63) is 64.7 Å². The second-order valence-electron chi connectivity index (χ2n) is 4.63. The number of hydrogen-bond acceptors (Lipinski definition) is 1. The number of alkyl halides is 3. The fraction of sp³-hybridized carbons (Fsp3) is 0.133. The van der Waals surface area contributed by atoms with E-state index in [2.05, 4.69) is 5.32 Å². The summed E-state index contributed by atoms with van der Waals surface area (Å²) in [5.41, 5.74) is -1.48. The first kappa shape index (κ1) is 15.9. The molecule has 2 aromatic rings. The van der Waals surface area contributed by atoms with Gasteiger partial charge >= 0.3 is 6.18 Å². The van der Waals surface area contributed by atoms with E-state index in [9.17, 15) is 26.7 Å². The maximum atomic E-state index is 13.6. The first-order valence-electron chi connectivity index (χ1n) is 6.13. The largest absolute Gasteiger partial charge is 0.419 e. The van der Waals surface area contributed by atoms with Crippen molar-refractivity contribution in [3.63, 3.8) is 0 Å². The summed E-state index contributed by atoms with van der Waals surface area (Å²) >= 11 is 0. The van der Waals surface area contributed by atoms with Gasteiger partial charge in [-0.3, -0.25) is 4.79 Å². The van der Waals surface area contributed by atoms with Crippen LogP contribution in [0.1, 0.15) is 21.5 Å². The van der Waals surface area contributed by atoms with E-state index in [1.54, 1.807) is 6.92 Å². The first-order valence-corrected chi connectivity index (χ1v) is 6.13. The van der Waals surface area contributed by atoms with Gasteiger partial charge in [-0.05, 0) is 37.3 Å². The van der Waals surface area contributed by atoms with Gasteiger partial charge in [-0.15, -0.1) is 0 Å². The Hall–Kier alpha value is -2.44. The Labute approximate surface area is 122 Å². The molecule has 7 heteroatoms. The topological polar surface area (TPSA) is 29.1 Å². The van der Waals surface area contributed by atoms with Crippen molar-refractivity contribution in [2.24, 2.45) is 0 Å². The Kier molecular flexibility index (Phi) is 4.16. The van der Waals surface area contributed by atoms with E-state index in [1.807, 2.05) is 0 Å². The predicted octanol–water partition coefficient (Wildman–Crippen LogP) is 4.54. The third-order valence-corrected chi connectivity index (χ3v) is 2.90. The van der Waals surface area contributed by atoms with Gasteiger partial charge in [0.25, 0.3) is 5.91 Å². The zero-order valence-electron chi connectivity index (χ0n) is 11.3. The lowest BCUT2D eigenvalue weighted by atomic mass is 10.1. The van der Waals surface area contributed by atoms with E-state index in [-0.39, 0.29) is 11.3 Å². The Bertz CT molecular complexity index is 724. The molecule has 0 radical (unpaired) electrons. The number of halogens is 5. The second-order valence-corrected chi connectivity index (χ2v) is 4.63. The predicted molar refractivity (Wildman–Crippen MR) is 70.5 cm³/mol. The Balaban J connectivity index is 2.31. The highest BCUT2D eigenvalue weighted by Gasteiger charge is 2.34. The van der Waals surface area contributed by atoms with E-state index >= 15 is 0 Å². The van der Waals surface area contributed by atoms with E-state index in [0.29, 0.717) is 17.7 Å². The van der Waals surface area contributed by atoms with E-state index < -0.39 is 29.3 Å². The van der Waals surface area contributed by atoms with Crippen molar-refractivity contribution in [1.82, 2.24) is 0 Å². The van der Waals surface area contributed by atoms with Crippen LogP contribution < -0.4 is 5.32 Å². The highest BCUT2D eigenvalue weighted by Crippen LogP contribution is 2.33. The first-order chi connectivity index (χ1) is 10.2. The van der Waals surface area contributed by atoms with Crippen molar-refractivity contribution in [2.45, 2.75) is 13.1 Å². The molecule has 1 amide bonds. The maximum absolute atomic E-state index is 13.6. The minimum atomic E-state index is -4.89. The molecule has 0 unspecified atom stereocenters. The quantitative estimate of drug-likeness (QED) is 0.810. The molecule has 2 rings (SSSR count). The van der Waals surface area contributed by atoms with Gasteiger partial charge in [0.05, 0.1) is 11.1 Å². The standard InChI is InChI=1S/C15H10F5NO/c1-8-2-4-12(16)10(6-8)14(22)21-9-3-5-13(17)11(7-9)15(18,19)20/h2-7H,1H3,(H,21,22). The number of carbonyl (C=O) groups excluding carboxylic acids is 1. The smallest absolute Gasteiger partial charge is 0.322 e. The molecule has 2 nitrogen and oxygen atoms in total. The van der Waals surface area contributed by atoms with Crippen molar-refractivity contribution < 1.29 is 26.7 Å². The van der Waals surface area contributed by atoms with E-state index in [0.717, 1.165) is 12.1 Å². The Morgan fingerprint density at radius 2 is 1.64 bits per heavy atom. The van der Waals surface area contributed by atoms with Crippen molar-refractivity contribution in [2.75, 3.05) is 5.32 Å². The van der Waals surface area contributed by atoms with Gasteiger partial charge in [-0.1, -0.05) is 11.6 Å². The molecule has 1 N–H and O–H groups in total. The zero-order chi connectivity index (χ0) is 16.5. The summed E-state index contributed by atoms with van der Waals surface area (Å²) in [6.45, 7) is 1.63. The van der Waals surface area contributed by atoms with Crippen LogP contribution in [0.5, 0.6) is 0 Å². The Morgan fingerprint density at radius 3 is 2.27 bits per heavy atom. The van der Waals surface area contributed by atoms with Crippen LogP contribution in [0, 0.1) is 18.6 Å². The lowest BCUT2D eigenvalue weighted by Crippen LogP contribution is -2.15. The molecular formula is C15H10F5NO. The molecule has 2 aromatic carbocycles. The summed E-state index contributed by atoms with van der Waals surface area (Å²) in [5.74, 6) is -3.17. The van der Waals surface area contributed by atoms with Gasteiger partial charge in [0.15, 0.2) is 0 Å². The minimum Gasteiger partial charge on any atom is -0.322 e. The fourth-order valence-corrected chi connectivity index (χ4v) is 1.83. The minimum absolute atomic E-state index is 0.278. The molecule has 0 spiro atoms. The molecule has 0 aliphatic heterocycles. The summed E-state index contributed by atoms with van der Waals surface area (Å²) in [6, 6.07) is 5.81. The monoisotopic (exact) mass is 315 g/mol. The summed E-state index contributed by atoms with van der Waals surface area (Å²) < 4.78 is 64.5. The number of aryl methyl sites for hydroxylation is 1. The van der Waals surface area contributed by atoms with Crippen molar-refractivity contribution in [3.8, 4) is 0 Å². The van der Waals surface area contributed by atoms with Gasteiger partial charge in [0.1, 0.15) is 11.6 Å². The molecule has 0 atom stereocenters. The molecule has 0 heterocycles. The average molecular weight is 315 g/mol. The van der Waals surface area contributed by atoms with Gasteiger partial charge in [0.2, 0.25) is 0 Å². The number of amides is 1. The molecule has 22 heavy (non-hydrogen) atoms. The number of benzene rings is 2. The highest BCUT2D eigenvalue weighted by atomic mass is 19.4. The lowest BCUT2D eigenvalue weighted by molar-refractivity contribution is -0.139. The van der Waals surface area contributed by atoms with Crippen LogP contribution in [0.15, 0.2) is 36.4 Å². The molecule has 116 valence electrons. The lowest BCUT2D eigenvalue weighted by Gasteiger charge is -2.11. The third-order valence-electron chi connectivity index (χ3n) is 2.90. The average Bonchev–Trinajstić information content (AvgIpc) is 2.42. The van der Waals surface area contributed by atoms with Crippen LogP contribution in [-0.4, -0.2) is 5.91 Å². The van der Waals surface area contributed by atoms with Crippen molar-refractivity contribution in [1.29, 1.82) is 0 Å². The Morgan fingerprint density at radius 1 is 1.00 bits per heavy atom. The number of hydrogen-bond donors (Lipinski definition) is 1. The molecule has 0 saturated carbocycles. The van der Waals surface area contributed by atoms with Gasteiger partial charge in [-0.25, -0.2) is 8.78 Å². The van der Waals surface area contributed by atoms with Crippen LogP contribution in [-0.2, 0) is 6.18 Å². The van der Waals surface area contributed by atoms with Crippen LogP contribution in [0.2, 0.25) is 0 Å². The fourth-order valence-electron chi connectivity index (χ4n) is 1.83. The summed E-state index contributed by atoms with van der Waals surface area (Å²) in [5, 5.41) is 2.12. The zero-order valence-corrected chi connectivity index (χ0v) is 11.3. The summed E-state index contributed by atoms with van der Waals surface area (Å²) in [6.07, 6.45) is -4.89. The van der Waals surface area contributed by atoms with Gasteiger partial charge in [0, 0.05) is 5.69 Å². The molecule has 0 aliphatic rings. The summed E-state index contributed by atoms with van der Waals surface area (Å²) in [4.78, 5) is 11.9. The second kappa shape index (κ2) is 5.75. The van der Waals surface area contributed by atoms with Crippen LogP contribution >= 0.6 is 0 Å². The number of rotatable bonds is 2. The maximum Gasteiger partial charge on any atom is 0.419 e. The molecule has 0 saturated heterocycles. The molecule has 0 bridgehead atoms. The third kappa shape index (κ3) is 3.41. The van der Waals surface area contributed by atoms with Crippen LogP contribution in [0.3, 0.4) is 0 Å². The number of anilines is 1. The van der Waals surface area contributed by atoms with Gasteiger partial charge < -0.3 is 5.32 Å².